The monoisotopic (exact) mass is 218 g/mol. The van der Waals surface area contributed by atoms with E-state index in [9.17, 15) is 0 Å². The Morgan fingerprint density at radius 3 is 2.53 bits per heavy atom. The van der Waals surface area contributed by atoms with Crippen molar-refractivity contribution in [2.75, 3.05) is 0 Å². The van der Waals surface area contributed by atoms with Crippen molar-refractivity contribution in [3.05, 3.63) is 42.4 Å². The number of hydrogen-bond donors (Lipinski definition) is 1. The quantitative estimate of drug-likeness (QED) is 0.787. The molecule has 0 fully saturated rings. The predicted molar refractivity (Wildman–Crippen MR) is 59.0 cm³/mol. The highest BCUT2D eigenvalue weighted by Crippen LogP contribution is 2.26. The number of aryl methyl sites for hydroxylation is 1. The van der Waals surface area contributed by atoms with E-state index in [4.69, 9.17) is 5.11 Å². The molecule has 2 aromatic rings. The lowest BCUT2D eigenvalue weighted by molar-refractivity contribution is 0.475. The number of hydrogen-bond acceptors (Lipinski definition) is 4. The first-order valence-electron chi connectivity index (χ1n) is 4.50. The van der Waals surface area contributed by atoms with Crippen LogP contribution in [-0.4, -0.2) is 15.1 Å². The number of nitrogens with zero attached hydrogens (tertiary/aromatic N) is 2. The summed E-state index contributed by atoms with van der Waals surface area (Å²) in [4.78, 5) is 9.36. The number of rotatable bonds is 2. The summed E-state index contributed by atoms with van der Waals surface area (Å²) in [5.74, 6) is 1.04. The van der Waals surface area contributed by atoms with Crippen molar-refractivity contribution in [1.82, 2.24) is 9.97 Å². The van der Waals surface area contributed by atoms with Gasteiger partial charge in [-0.25, -0.2) is 9.97 Å². The Hall–Kier alpha value is -1.55. The van der Waals surface area contributed by atoms with Crippen LogP contribution in [0.1, 0.15) is 5.82 Å². The minimum absolute atomic E-state index is 0.276. The zero-order valence-corrected chi connectivity index (χ0v) is 9.03. The molecule has 1 heterocycles. The molecule has 0 atom stereocenters. The molecule has 1 N–H and O–H groups in total. The molecular formula is C11H10N2OS. The smallest absolute Gasteiger partial charge is 0.126 e. The fourth-order valence-electron chi connectivity index (χ4n) is 1.13. The molecule has 0 bridgehead atoms. The fourth-order valence-corrected chi connectivity index (χ4v) is 1.95. The molecule has 0 amide bonds. The largest absolute Gasteiger partial charge is 0.508 e. The molecule has 0 unspecified atom stereocenters. The summed E-state index contributed by atoms with van der Waals surface area (Å²) in [6, 6.07) is 8.91. The average Bonchev–Trinajstić information content (AvgIpc) is 2.22. The molecule has 1 aromatic heterocycles. The molecule has 0 aliphatic heterocycles. The molecule has 0 saturated carbocycles. The lowest BCUT2D eigenvalue weighted by Gasteiger charge is -2.01. The van der Waals surface area contributed by atoms with E-state index in [1.54, 1.807) is 30.1 Å². The molecule has 3 nitrogen and oxygen atoms in total. The summed E-state index contributed by atoms with van der Waals surface area (Å²) in [5, 5.41) is 10.0. The molecule has 0 saturated heterocycles. The highest BCUT2D eigenvalue weighted by molar-refractivity contribution is 7.99. The fraction of sp³-hybridized carbons (Fsp3) is 0.0909. The lowest BCUT2D eigenvalue weighted by atomic mass is 10.3. The van der Waals surface area contributed by atoms with Gasteiger partial charge in [0, 0.05) is 11.1 Å². The van der Waals surface area contributed by atoms with E-state index in [0.29, 0.717) is 0 Å². The standard InChI is InChI=1S/C11H10N2OS/c1-8-12-7-6-11(13-8)15-10-4-2-9(14)3-5-10/h2-7,14H,1H3. The van der Waals surface area contributed by atoms with Gasteiger partial charge in [-0.15, -0.1) is 0 Å². The summed E-state index contributed by atoms with van der Waals surface area (Å²) in [5.41, 5.74) is 0. The van der Waals surface area contributed by atoms with Gasteiger partial charge in [-0.2, -0.15) is 0 Å². The molecule has 1 aromatic carbocycles. The van der Waals surface area contributed by atoms with Gasteiger partial charge in [0.1, 0.15) is 16.6 Å². The number of phenolic OH excluding ortho intramolecular Hbond substituents is 1. The van der Waals surface area contributed by atoms with E-state index in [0.717, 1.165) is 15.7 Å². The van der Waals surface area contributed by atoms with Crippen LogP contribution in [0.15, 0.2) is 46.5 Å². The third kappa shape index (κ3) is 2.70. The summed E-state index contributed by atoms with van der Waals surface area (Å²) in [6.45, 7) is 1.86. The SMILES string of the molecule is Cc1nccc(Sc2ccc(O)cc2)n1. The van der Waals surface area contributed by atoms with Gasteiger partial charge in [-0.05, 0) is 37.3 Å². The van der Waals surface area contributed by atoms with Gasteiger partial charge in [-0.1, -0.05) is 11.8 Å². The van der Waals surface area contributed by atoms with E-state index >= 15 is 0 Å². The van der Waals surface area contributed by atoms with Gasteiger partial charge < -0.3 is 5.11 Å². The Labute approximate surface area is 92.2 Å². The van der Waals surface area contributed by atoms with E-state index < -0.39 is 0 Å². The number of aromatic nitrogens is 2. The van der Waals surface area contributed by atoms with Gasteiger partial charge in [0.25, 0.3) is 0 Å². The summed E-state index contributed by atoms with van der Waals surface area (Å²) in [7, 11) is 0. The van der Waals surface area contributed by atoms with Crippen molar-refractivity contribution >= 4 is 11.8 Å². The first-order valence-corrected chi connectivity index (χ1v) is 5.32. The molecule has 0 radical (unpaired) electrons. The minimum Gasteiger partial charge on any atom is -0.508 e. The van der Waals surface area contributed by atoms with Crippen molar-refractivity contribution in [3.8, 4) is 5.75 Å². The van der Waals surface area contributed by atoms with Crippen molar-refractivity contribution < 1.29 is 5.11 Å². The number of benzene rings is 1. The third-order valence-corrected chi connectivity index (χ3v) is 2.75. The Kier molecular flexibility index (Phi) is 2.87. The second kappa shape index (κ2) is 4.31. The van der Waals surface area contributed by atoms with E-state index in [1.807, 2.05) is 25.1 Å². The Morgan fingerprint density at radius 1 is 1.13 bits per heavy atom. The normalized spacial score (nSPS) is 10.2. The van der Waals surface area contributed by atoms with Crippen LogP contribution >= 0.6 is 11.8 Å². The lowest BCUT2D eigenvalue weighted by Crippen LogP contribution is -1.87. The molecule has 0 aliphatic rings. The van der Waals surface area contributed by atoms with Crippen LogP contribution in [0.2, 0.25) is 0 Å². The molecule has 76 valence electrons. The van der Waals surface area contributed by atoms with Crippen molar-refractivity contribution in [1.29, 1.82) is 0 Å². The maximum Gasteiger partial charge on any atom is 0.126 e. The third-order valence-electron chi connectivity index (χ3n) is 1.81. The van der Waals surface area contributed by atoms with Crippen LogP contribution in [0.4, 0.5) is 0 Å². The van der Waals surface area contributed by atoms with Crippen LogP contribution < -0.4 is 0 Å². The number of aromatic hydroxyl groups is 1. The first-order chi connectivity index (χ1) is 7.24. The minimum atomic E-state index is 0.276. The summed E-state index contributed by atoms with van der Waals surface area (Å²) >= 11 is 1.55. The molecular weight excluding hydrogens is 208 g/mol. The Morgan fingerprint density at radius 2 is 1.87 bits per heavy atom. The Bertz CT molecular complexity index is 456. The highest BCUT2D eigenvalue weighted by Gasteiger charge is 1.99. The summed E-state index contributed by atoms with van der Waals surface area (Å²) < 4.78 is 0. The van der Waals surface area contributed by atoms with Crippen LogP contribution in [0.3, 0.4) is 0 Å². The first kappa shape index (κ1) is 9.98. The average molecular weight is 218 g/mol. The van der Waals surface area contributed by atoms with Crippen LogP contribution in [-0.2, 0) is 0 Å². The second-order valence-electron chi connectivity index (χ2n) is 3.04. The van der Waals surface area contributed by atoms with Gasteiger partial charge in [0.05, 0.1) is 0 Å². The highest BCUT2D eigenvalue weighted by atomic mass is 32.2. The van der Waals surface area contributed by atoms with Gasteiger partial charge in [0.15, 0.2) is 0 Å². The van der Waals surface area contributed by atoms with E-state index in [2.05, 4.69) is 9.97 Å². The van der Waals surface area contributed by atoms with E-state index in [1.165, 1.54) is 0 Å². The van der Waals surface area contributed by atoms with Crippen molar-refractivity contribution in [2.45, 2.75) is 16.8 Å². The summed E-state index contributed by atoms with van der Waals surface area (Å²) in [6.07, 6.45) is 1.74. The molecule has 4 heteroatoms. The molecule has 0 spiro atoms. The molecule has 0 aliphatic carbocycles. The Balaban J connectivity index is 2.18. The molecule has 2 rings (SSSR count). The number of phenols is 1. The maximum absolute atomic E-state index is 9.13. The van der Waals surface area contributed by atoms with Gasteiger partial charge in [0.2, 0.25) is 0 Å². The van der Waals surface area contributed by atoms with Crippen molar-refractivity contribution in [2.24, 2.45) is 0 Å². The second-order valence-corrected chi connectivity index (χ2v) is 4.13. The zero-order chi connectivity index (χ0) is 10.7. The van der Waals surface area contributed by atoms with Crippen LogP contribution in [0.25, 0.3) is 0 Å². The van der Waals surface area contributed by atoms with E-state index in [-0.39, 0.29) is 5.75 Å². The van der Waals surface area contributed by atoms with Gasteiger partial charge >= 0.3 is 0 Å². The van der Waals surface area contributed by atoms with Crippen LogP contribution in [0.5, 0.6) is 5.75 Å². The topological polar surface area (TPSA) is 46.0 Å². The van der Waals surface area contributed by atoms with Gasteiger partial charge in [-0.3, -0.25) is 0 Å². The maximum atomic E-state index is 9.13. The predicted octanol–water partition coefficient (Wildman–Crippen LogP) is 2.64. The van der Waals surface area contributed by atoms with Crippen LogP contribution in [0, 0.1) is 6.92 Å². The zero-order valence-electron chi connectivity index (χ0n) is 8.21. The van der Waals surface area contributed by atoms with Crippen molar-refractivity contribution in [3.63, 3.8) is 0 Å². The molecule has 15 heavy (non-hydrogen) atoms.